The highest BCUT2D eigenvalue weighted by Gasteiger charge is 2.23. The Hall–Kier alpha value is -2.87. The zero-order valence-electron chi connectivity index (χ0n) is 15.1. The molecular formula is C19H22N2O5S. The number of benzene rings is 2. The van der Waals surface area contributed by atoms with Crippen LogP contribution < -0.4 is 9.62 Å². The van der Waals surface area contributed by atoms with E-state index in [4.69, 9.17) is 5.11 Å². The molecule has 0 saturated carbocycles. The number of carboxylic acid groups (broad SMARTS) is 1. The van der Waals surface area contributed by atoms with Crippen molar-refractivity contribution < 1.29 is 23.1 Å². The van der Waals surface area contributed by atoms with Crippen molar-refractivity contribution in [3.63, 3.8) is 0 Å². The fraction of sp³-hybridized carbons (Fsp3) is 0.263. The third-order valence-corrected chi connectivity index (χ3v) is 5.88. The minimum Gasteiger partial charge on any atom is -0.480 e. The van der Waals surface area contributed by atoms with Crippen molar-refractivity contribution in [1.82, 2.24) is 5.32 Å². The van der Waals surface area contributed by atoms with Crippen LogP contribution in [0.3, 0.4) is 0 Å². The Bertz CT molecular complexity index is 895. The van der Waals surface area contributed by atoms with Gasteiger partial charge in [0.15, 0.2) is 0 Å². The van der Waals surface area contributed by atoms with Crippen LogP contribution in [-0.4, -0.2) is 38.5 Å². The summed E-state index contributed by atoms with van der Waals surface area (Å²) in [7, 11) is -2.32. The van der Waals surface area contributed by atoms with Gasteiger partial charge >= 0.3 is 5.97 Å². The van der Waals surface area contributed by atoms with E-state index in [1.54, 1.807) is 30.3 Å². The van der Waals surface area contributed by atoms with Crippen LogP contribution in [0.4, 0.5) is 5.69 Å². The molecule has 0 heterocycles. The minimum atomic E-state index is -3.77. The van der Waals surface area contributed by atoms with E-state index in [9.17, 15) is 18.0 Å². The van der Waals surface area contributed by atoms with E-state index in [0.717, 1.165) is 4.31 Å². The molecule has 1 atom stereocenters. The molecule has 1 amide bonds. The molecule has 27 heavy (non-hydrogen) atoms. The first kappa shape index (κ1) is 20.4. The van der Waals surface area contributed by atoms with Crippen LogP contribution in [0, 0.1) is 0 Å². The zero-order chi connectivity index (χ0) is 20.0. The molecule has 0 saturated heterocycles. The number of sulfonamides is 1. The van der Waals surface area contributed by atoms with Crippen LogP contribution >= 0.6 is 0 Å². The molecule has 0 fully saturated rings. The fourth-order valence-electron chi connectivity index (χ4n) is 2.50. The van der Waals surface area contributed by atoms with Crippen molar-refractivity contribution in [2.24, 2.45) is 0 Å². The van der Waals surface area contributed by atoms with Crippen LogP contribution in [0.15, 0.2) is 59.5 Å². The first-order valence-corrected chi connectivity index (χ1v) is 9.89. The normalized spacial score (nSPS) is 12.2. The van der Waals surface area contributed by atoms with Crippen molar-refractivity contribution in [1.29, 1.82) is 0 Å². The lowest BCUT2D eigenvalue weighted by Gasteiger charge is -2.19. The molecule has 0 bridgehead atoms. The van der Waals surface area contributed by atoms with Crippen molar-refractivity contribution in [2.75, 3.05) is 11.4 Å². The Morgan fingerprint density at radius 2 is 1.67 bits per heavy atom. The predicted molar refractivity (Wildman–Crippen MR) is 102 cm³/mol. The molecule has 0 radical (unpaired) electrons. The number of anilines is 1. The number of hydrogen-bond donors (Lipinski definition) is 2. The number of nitrogens with zero attached hydrogens (tertiary/aromatic N) is 1. The predicted octanol–water partition coefficient (Wildman–Crippen LogP) is 2.49. The summed E-state index contributed by atoms with van der Waals surface area (Å²) in [4.78, 5) is 23.4. The van der Waals surface area contributed by atoms with Gasteiger partial charge in [-0.3, -0.25) is 9.10 Å². The molecule has 2 aromatic carbocycles. The highest BCUT2D eigenvalue weighted by atomic mass is 32.2. The number of carboxylic acids is 1. The lowest BCUT2D eigenvalue weighted by Crippen LogP contribution is -2.40. The summed E-state index contributed by atoms with van der Waals surface area (Å²) in [5, 5.41) is 11.6. The van der Waals surface area contributed by atoms with E-state index < -0.39 is 27.9 Å². The van der Waals surface area contributed by atoms with Gasteiger partial charge in [-0.2, -0.15) is 0 Å². The summed E-state index contributed by atoms with van der Waals surface area (Å²) < 4.78 is 26.6. The second-order valence-electron chi connectivity index (χ2n) is 5.99. The van der Waals surface area contributed by atoms with Gasteiger partial charge in [-0.1, -0.05) is 31.5 Å². The van der Waals surface area contributed by atoms with Gasteiger partial charge in [0.2, 0.25) is 0 Å². The van der Waals surface area contributed by atoms with E-state index in [-0.39, 0.29) is 10.5 Å². The SMILES string of the molecule is CCCC(NC(=O)c1ccc(S(=O)(=O)N(C)c2ccccc2)cc1)C(=O)O. The highest BCUT2D eigenvalue weighted by molar-refractivity contribution is 7.92. The summed E-state index contributed by atoms with van der Waals surface area (Å²) in [6.07, 6.45) is 0.926. The number of amides is 1. The van der Waals surface area contributed by atoms with E-state index in [1.807, 2.05) is 6.92 Å². The van der Waals surface area contributed by atoms with E-state index in [1.165, 1.54) is 31.3 Å². The number of aliphatic carboxylic acids is 1. The third-order valence-electron chi connectivity index (χ3n) is 4.08. The van der Waals surface area contributed by atoms with Crippen molar-refractivity contribution >= 4 is 27.6 Å². The van der Waals surface area contributed by atoms with E-state index in [0.29, 0.717) is 18.5 Å². The largest absolute Gasteiger partial charge is 0.480 e. The summed E-state index contributed by atoms with van der Waals surface area (Å²) in [6.45, 7) is 1.82. The van der Waals surface area contributed by atoms with Gasteiger partial charge in [0.1, 0.15) is 6.04 Å². The third kappa shape index (κ3) is 4.85. The molecule has 0 aromatic heterocycles. The molecule has 0 aliphatic heterocycles. The molecule has 2 N–H and O–H groups in total. The van der Waals surface area contributed by atoms with Gasteiger partial charge in [0.05, 0.1) is 10.6 Å². The Morgan fingerprint density at radius 3 is 2.19 bits per heavy atom. The number of rotatable bonds is 8. The van der Waals surface area contributed by atoms with Crippen LogP contribution in [0.25, 0.3) is 0 Å². The second kappa shape index (κ2) is 8.68. The number of carbonyl (C=O) groups excluding carboxylic acids is 1. The average molecular weight is 390 g/mol. The molecule has 0 aliphatic carbocycles. The summed E-state index contributed by atoms with van der Waals surface area (Å²) in [5.74, 6) is -1.66. The Labute approximate surface area is 158 Å². The van der Waals surface area contributed by atoms with E-state index >= 15 is 0 Å². The first-order valence-electron chi connectivity index (χ1n) is 8.45. The Kier molecular flexibility index (Phi) is 6.57. The molecule has 0 spiro atoms. The summed E-state index contributed by atoms with van der Waals surface area (Å²) in [6, 6.07) is 13.1. The van der Waals surface area contributed by atoms with Crippen molar-refractivity contribution in [3.05, 3.63) is 60.2 Å². The summed E-state index contributed by atoms with van der Waals surface area (Å²) >= 11 is 0. The lowest BCUT2D eigenvalue weighted by atomic mass is 10.1. The topological polar surface area (TPSA) is 104 Å². The molecule has 7 nitrogen and oxygen atoms in total. The molecule has 8 heteroatoms. The van der Waals surface area contributed by atoms with Crippen LogP contribution in [0.2, 0.25) is 0 Å². The van der Waals surface area contributed by atoms with Crippen molar-refractivity contribution in [3.8, 4) is 0 Å². The number of nitrogens with one attached hydrogen (secondary N) is 1. The van der Waals surface area contributed by atoms with Gasteiger partial charge < -0.3 is 10.4 Å². The van der Waals surface area contributed by atoms with Crippen molar-refractivity contribution in [2.45, 2.75) is 30.7 Å². The maximum Gasteiger partial charge on any atom is 0.326 e. The lowest BCUT2D eigenvalue weighted by molar-refractivity contribution is -0.139. The quantitative estimate of drug-likeness (QED) is 0.721. The van der Waals surface area contributed by atoms with Gasteiger partial charge in [-0.05, 0) is 42.8 Å². The zero-order valence-corrected chi connectivity index (χ0v) is 15.9. The molecule has 2 aromatic rings. The molecular weight excluding hydrogens is 368 g/mol. The maximum atomic E-state index is 12.7. The standard InChI is InChI=1S/C19H22N2O5S/c1-3-7-17(19(23)24)20-18(22)14-10-12-16(13-11-14)27(25,26)21(2)15-8-5-4-6-9-15/h4-6,8-13,17H,3,7H2,1-2H3,(H,20,22)(H,23,24). The molecule has 144 valence electrons. The monoisotopic (exact) mass is 390 g/mol. The highest BCUT2D eigenvalue weighted by Crippen LogP contribution is 2.21. The number of hydrogen-bond acceptors (Lipinski definition) is 4. The number of para-hydroxylation sites is 1. The number of carbonyl (C=O) groups is 2. The van der Waals surface area contributed by atoms with Crippen LogP contribution in [0.1, 0.15) is 30.1 Å². The Morgan fingerprint density at radius 1 is 1.07 bits per heavy atom. The van der Waals surface area contributed by atoms with Gasteiger partial charge in [-0.15, -0.1) is 0 Å². The van der Waals surface area contributed by atoms with Crippen LogP contribution in [-0.2, 0) is 14.8 Å². The van der Waals surface area contributed by atoms with Gasteiger partial charge in [-0.25, -0.2) is 13.2 Å². The van der Waals surface area contributed by atoms with Gasteiger partial charge in [0.25, 0.3) is 15.9 Å². The second-order valence-corrected chi connectivity index (χ2v) is 7.95. The van der Waals surface area contributed by atoms with Crippen LogP contribution in [0.5, 0.6) is 0 Å². The minimum absolute atomic E-state index is 0.0359. The smallest absolute Gasteiger partial charge is 0.326 e. The first-order chi connectivity index (χ1) is 12.8. The average Bonchev–Trinajstić information content (AvgIpc) is 2.67. The molecule has 0 aliphatic rings. The molecule has 1 unspecified atom stereocenters. The maximum absolute atomic E-state index is 12.7. The van der Waals surface area contributed by atoms with Gasteiger partial charge in [0, 0.05) is 12.6 Å². The summed E-state index contributed by atoms with van der Waals surface area (Å²) in [5.41, 5.74) is 0.710. The van der Waals surface area contributed by atoms with E-state index in [2.05, 4.69) is 5.32 Å². The Balaban J connectivity index is 2.18. The molecule has 2 rings (SSSR count). The fourth-order valence-corrected chi connectivity index (χ4v) is 3.70.